The molecule has 1 unspecified atom stereocenters. The third kappa shape index (κ3) is 3.75. The van der Waals surface area contributed by atoms with E-state index in [1.54, 1.807) is 11.3 Å². The Bertz CT molecular complexity index is 571. The van der Waals surface area contributed by atoms with Gasteiger partial charge in [-0.2, -0.15) is 0 Å². The van der Waals surface area contributed by atoms with Crippen LogP contribution in [-0.2, 0) is 21.5 Å². The standard InChI is InChI=1S/C17H26N2O3S/c1-16(2,3)13-11-23-14(18-13)9-19-6-4-17(5-7-19)8-12(10-22-17)15(20)21/h11-12H,4-10H2,1-3H3,(H,20,21). The number of thiazole rings is 1. The lowest BCUT2D eigenvalue weighted by atomic mass is 9.85. The van der Waals surface area contributed by atoms with Gasteiger partial charge < -0.3 is 9.84 Å². The van der Waals surface area contributed by atoms with Crippen molar-refractivity contribution in [2.75, 3.05) is 19.7 Å². The Kier molecular flexibility index (Phi) is 4.51. The highest BCUT2D eigenvalue weighted by Gasteiger charge is 2.45. The van der Waals surface area contributed by atoms with E-state index in [1.165, 1.54) is 5.01 Å². The minimum Gasteiger partial charge on any atom is -0.481 e. The summed E-state index contributed by atoms with van der Waals surface area (Å²) in [5.74, 6) is -1.04. The van der Waals surface area contributed by atoms with Gasteiger partial charge in [-0.25, -0.2) is 4.98 Å². The average Bonchev–Trinajstić information content (AvgIpc) is 3.09. The van der Waals surface area contributed by atoms with Crippen molar-refractivity contribution in [3.8, 4) is 0 Å². The van der Waals surface area contributed by atoms with E-state index in [1.807, 2.05) is 0 Å². The number of hydrogen-bond acceptors (Lipinski definition) is 5. The molecule has 0 saturated carbocycles. The zero-order valence-electron chi connectivity index (χ0n) is 14.2. The summed E-state index contributed by atoms with van der Waals surface area (Å²) in [6.07, 6.45) is 2.52. The number of rotatable bonds is 3. The fraction of sp³-hybridized carbons (Fsp3) is 0.765. The molecule has 1 aromatic rings. The summed E-state index contributed by atoms with van der Waals surface area (Å²) in [6.45, 7) is 9.73. The van der Waals surface area contributed by atoms with Crippen molar-refractivity contribution in [1.29, 1.82) is 0 Å². The van der Waals surface area contributed by atoms with Gasteiger partial charge in [0, 0.05) is 23.9 Å². The molecule has 3 heterocycles. The van der Waals surface area contributed by atoms with Crippen LogP contribution >= 0.6 is 11.3 Å². The van der Waals surface area contributed by atoms with Crippen molar-refractivity contribution in [2.24, 2.45) is 5.92 Å². The van der Waals surface area contributed by atoms with Gasteiger partial charge in [-0.3, -0.25) is 9.69 Å². The van der Waals surface area contributed by atoms with E-state index >= 15 is 0 Å². The maximum atomic E-state index is 11.1. The zero-order chi connectivity index (χ0) is 16.7. The Hall–Kier alpha value is -0.980. The fourth-order valence-electron chi connectivity index (χ4n) is 3.39. The van der Waals surface area contributed by atoms with E-state index in [4.69, 9.17) is 14.8 Å². The van der Waals surface area contributed by atoms with Crippen LogP contribution in [0.5, 0.6) is 0 Å². The van der Waals surface area contributed by atoms with Gasteiger partial charge in [0.2, 0.25) is 0 Å². The molecule has 1 spiro atoms. The molecule has 1 atom stereocenters. The van der Waals surface area contributed by atoms with E-state index in [0.29, 0.717) is 13.0 Å². The number of likely N-dealkylation sites (tertiary alicyclic amines) is 1. The molecule has 6 heteroatoms. The van der Waals surface area contributed by atoms with Crippen LogP contribution in [0.25, 0.3) is 0 Å². The zero-order valence-corrected chi connectivity index (χ0v) is 15.0. The second-order valence-corrected chi connectivity index (χ2v) is 8.83. The average molecular weight is 338 g/mol. The van der Waals surface area contributed by atoms with Crippen LogP contribution in [0.3, 0.4) is 0 Å². The Balaban J connectivity index is 1.54. The molecule has 0 radical (unpaired) electrons. The Morgan fingerprint density at radius 3 is 2.70 bits per heavy atom. The van der Waals surface area contributed by atoms with Crippen LogP contribution in [0, 0.1) is 5.92 Å². The molecule has 2 saturated heterocycles. The van der Waals surface area contributed by atoms with Crippen LogP contribution in [0.15, 0.2) is 5.38 Å². The number of hydrogen-bond donors (Lipinski definition) is 1. The topological polar surface area (TPSA) is 62.7 Å². The fourth-order valence-corrected chi connectivity index (χ4v) is 4.45. The van der Waals surface area contributed by atoms with Crippen LogP contribution in [0.1, 0.15) is 50.7 Å². The third-order valence-corrected chi connectivity index (χ3v) is 5.84. The van der Waals surface area contributed by atoms with Crippen molar-refractivity contribution < 1.29 is 14.6 Å². The molecule has 2 fully saturated rings. The highest BCUT2D eigenvalue weighted by atomic mass is 32.1. The molecule has 0 amide bonds. The first-order chi connectivity index (χ1) is 10.8. The van der Waals surface area contributed by atoms with Crippen molar-refractivity contribution in [1.82, 2.24) is 9.88 Å². The van der Waals surface area contributed by atoms with E-state index < -0.39 is 5.97 Å². The first-order valence-corrected chi connectivity index (χ1v) is 9.19. The number of ether oxygens (including phenoxy) is 1. The predicted octanol–water partition coefficient (Wildman–Crippen LogP) is 2.90. The quantitative estimate of drug-likeness (QED) is 0.918. The first-order valence-electron chi connectivity index (χ1n) is 8.31. The number of carboxylic acid groups (broad SMARTS) is 1. The van der Waals surface area contributed by atoms with E-state index in [0.717, 1.165) is 38.2 Å². The van der Waals surface area contributed by atoms with Gasteiger partial charge in [0.1, 0.15) is 5.01 Å². The number of aromatic nitrogens is 1. The van der Waals surface area contributed by atoms with Crippen molar-refractivity contribution in [3.05, 3.63) is 16.1 Å². The number of piperidine rings is 1. The summed E-state index contributed by atoms with van der Waals surface area (Å²) in [5.41, 5.74) is 1.07. The number of aliphatic carboxylic acids is 1. The molecule has 2 aliphatic heterocycles. The number of nitrogens with zero attached hydrogens (tertiary/aromatic N) is 2. The first kappa shape index (κ1) is 16.9. The van der Waals surface area contributed by atoms with E-state index in [-0.39, 0.29) is 16.9 Å². The SMILES string of the molecule is CC(C)(C)c1csc(CN2CCC3(CC2)CC(C(=O)O)CO3)n1. The maximum absolute atomic E-state index is 11.1. The highest BCUT2D eigenvalue weighted by Crippen LogP contribution is 2.39. The van der Waals surface area contributed by atoms with E-state index in [2.05, 4.69) is 31.1 Å². The van der Waals surface area contributed by atoms with E-state index in [9.17, 15) is 4.79 Å². The minimum atomic E-state index is -0.721. The molecular weight excluding hydrogens is 312 g/mol. The van der Waals surface area contributed by atoms with Crippen molar-refractivity contribution >= 4 is 17.3 Å². The lowest BCUT2D eigenvalue weighted by Crippen LogP contribution is -2.43. The van der Waals surface area contributed by atoms with Crippen molar-refractivity contribution in [2.45, 2.75) is 57.6 Å². The summed E-state index contributed by atoms with van der Waals surface area (Å²) < 4.78 is 5.88. The molecule has 128 valence electrons. The molecular formula is C17H26N2O3S. The number of carbonyl (C=O) groups is 1. The van der Waals surface area contributed by atoms with Crippen LogP contribution in [0.2, 0.25) is 0 Å². The Labute approximate surface area is 141 Å². The summed E-state index contributed by atoms with van der Waals surface area (Å²) in [4.78, 5) is 18.3. The smallest absolute Gasteiger partial charge is 0.308 e. The van der Waals surface area contributed by atoms with Gasteiger partial charge in [-0.15, -0.1) is 11.3 Å². The van der Waals surface area contributed by atoms with Gasteiger partial charge in [-0.1, -0.05) is 20.8 Å². The largest absolute Gasteiger partial charge is 0.481 e. The molecule has 1 aromatic heterocycles. The highest BCUT2D eigenvalue weighted by molar-refractivity contribution is 7.09. The molecule has 1 N–H and O–H groups in total. The molecule has 5 nitrogen and oxygen atoms in total. The lowest BCUT2D eigenvalue weighted by Gasteiger charge is -2.38. The third-order valence-electron chi connectivity index (χ3n) is 5.00. The molecule has 0 aliphatic carbocycles. The predicted molar refractivity (Wildman–Crippen MR) is 89.8 cm³/mol. The molecule has 2 aliphatic rings. The Morgan fingerprint density at radius 2 is 2.17 bits per heavy atom. The maximum Gasteiger partial charge on any atom is 0.308 e. The number of carboxylic acids is 1. The summed E-state index contributed by atoms with van der Waals surface area (Å²) in [6, 6.07) is 0. The summed E-state index contributed by atoms with van der Waals surface area (Å²) in [5, 5.41) is 12.5. The van der Waals surface area contributed by atoms with Gasteiger partial charge in [0.05, 0.1) is 30.4 Å². The minimum absolute atomic E-state index is 0.101. The normalized spacial score (nSPS) is 25.1. The van der Waals surface area contributed by atoms with Gasteiger partial charge in [-0.05, 0) is 19.3 Å². The van der Waals surface area contributed by atoms with Crippen molar-refractivity contribution in [3.63, 3.8) is 0 Å². The second kappa shape index (κ2) is 6.15. The Morgan fingerprint density at radius 1 is 1.48 bits per heavy atom. The molecule has 23 heavy (non-hydrogen) atoms. The molecule has 0 bridgehead atoms. The summed E-state index contributed by atoms with van der Waals surface area (Å²) in [7, 11) is 0. The van der Waals surface area contributed by atoms with Crippen LogP contribution in [-0.4, -0.2) is 46.3 Å². The molecule has 0 aromatic carbocycles. The second-order valence-electron chi connectivity index (χ2n) is 7.89. The van der Waals surface area contributed by atoms with Crippen LogP contribution in [0.4, 0.5) is 0 Å². The van der Waals surface area contributed by atoms with Gasteiger partial charge >= 0.3 is 5.97 Å². The monoisotopic (exact) mass is 338 g/mol. The summed E-state index contributed by atoms with van der Waals surface area (Å²) >= 11 is 1.74. The lowest BCUT2D eigenvalue weighted by molar-refractivity contribution is -0.141. The van der Waals surface area contributed by atoms with Gasteiger partial charge in [0.15, 0.2) is 0 Å². The van der Waals surface area contributed by atoms with Crippen LogP contribution < -0.4 is 0 Å². The molecule has 3 rings (SSSR count). The van der Waals surface area contributed by atoms with Gasteiger partial charge in [0.25, 0.3) is 0 Å².